The van der Waals surface area contributed by atoms with Crippen molar-refractivity contribution >= 4 is 30.5 Å². The molecule has 1 aliphatic heterocycles. The Morgan fingerprint density at radius 1 is 1.35 bits per heavy atom. The topological polar surface area (TPSA) is 58.4 Å². The Kier molecular flexibility index (Phi) is 10.3. The maximum absolute atomic E-state index is 13.3. The van der Waals surface area contributed by atoms with Crippen molar-refractivity contribution in [2.24, 2.45) is 0 Å². The molecule has 132 valence electrons. The Morgan fingerprint density at radius 3 is 2.57 bits per heavy atom. The zero-order valence-electron chi connectivity index (χ0n) is 13.2. The molecule has 0 radical (unpaired) electrons. The fourth-order valence-corrected chi connectivity index (χ4v) is 2.88. The van der Waals surface area contributed by atoms with Crippen molar-refractivity contribution in [1.29, 1.82) is 0 Å². The predicted octanol–water partition coefficient (Wildman–Crippen LogP) is 3.71. The molecule has 0 aliphatic carbocycles. The van der Waals surface area contributed by atoms with Crippen LogP contribution in [0, 0.1) is 15.9 Å². The molecular weight excluding hydrogens is 344 g/mol. The van der Waals surface area contributed by atoms with Gasteiger partial charge in [0.25, 0.3) is 5.69 Å². The average Bonchev–Trinajstić information content (AvgIpc) is 2.49. The third-order valence-electron chi connectivity index (χ3n) is 3.97. The molecule has 0 saturated carbocycles. The fraction of sp³-hybridized carbons (Fsp3) is 0.600. The molecule has 2 rings (SSSR count). The zero-order chi connectivity index (χ0) is 15.2. The predicted molar refractivity (Wildman–Crippen MR) is 94.3 cm³/mol. The van der Waals surface area contributed by atoms with Crippen LogP contribution >= 0.6 is 24.8 Å². The standard InChI is InChI=1S/C15H22FN3O2.2ClH/c1-2-3-4-14(18-9-7-17-8-10-18)13-6-5-12(16)11-15(13)19(20)21;;/h5-6,11,14,17H,2-4,7-10H2,1H3;2*1H/t14-;;/m0../s1. The van der Waals surface area contributed by atoms with E-state index in [2.05, 4.69) is 17.1 Å². The molecule has 1 atom stereocenters. The van der Waals surface area contributed by atoms with Crippen LogP contribution in [0.4, 0.5) is 10.1 Å². The van der Waals surface area contributed by atoms with Crippen LogP contribution < -0.4 is 5.32 Å². The van der Waals surface area contributed by atoms with Gasteiger partial charge in [-0.3, -0.25) is 15.0 Å². The van der Waals surface area contributed by atoms with E-state index >= 15 is 0 Å². The molecule has 1 aromatic carbocycles. The first kappa shape index (κ1) is 22.1. The molecule has 1 aliphatic rings. The maximum Gasteiger partial charge on any atom is 0.277 e. The highest BCUT2D eigenvalue weighted by molar-refractivity contribution is 5.85. The highest BCUT2D eigenvalue weighted by Crippen LogP contribution is 2.33. The van der Waals surface area contributed by atoms with Crippen molar-refractivity contribution in [3.8, 4) is 0 Å². The number of rotatable bonds is 6. The molecule has 8 heteroatoms. The van der Waals surface area contributed by atoms with Gasteiger partial charge in [0.15, 0.2) is 0 Å². The van der Waals surface area contributed by atoms with Crippen LogP contribution in [-0.4, -0.2) is 36.0 Å². The average molecular weight is 368 g/mol. The van der Waals surface area contributed by atoms with Gasteiger partial charge in [0.05, 0.1) is 11.0 Å². The molecule has 1 N–H and O–H groups in total. The molecule has 0 bridgehead atoms. The number of benzene rings is 1. The number of hydrogen-bond donors (Lipinski definition) is 1. The second kappa shape index (κ2) is 10.8. The summed E-state index contributed by atoms with van der Waals surface area (Å²) in [6, 6.07) is 3.93. The molecule has 0 spiro atoms. The second-order valence-electron chi connectivity index (χ2n) is 5.40. The molecule has 0 amide bonds. The van der Waals surface area contributed by atoms with E-state index in [-0.39, 0.29) is 36.5 Å². The maximum atomic E-state index is 13.3. The van der Waals surface area contributed by atoms with Crippen LogP contribution in [0.2, 0.25) is 0 Å². The van der Waals surface area contributed by atoms with E-state index in [1.165, 1.54) is 6.07 Å². The summed E-state index contributed by atoms with van der Waals surface area (Å²) in [7, 11) is 0. The van der Waals surface area contributed by atoms with Gasteiger partial charge in [0.1, 0.15) is 5.82 Å². The molecule has 1 heterocycles. The highest BCUT2D eigenvalue weighted by Gasteiger charge is 2.28. The van der Waals surface area contributed by atoms with Gasteiger partial charge >= 0.3 is 0 Å². The van der Waals surface area contributed by atoms with Gasteiger partial charge in [-0.1, -0.05) is 19.8 Å². The van der Waals surface area contributed by atoms with Crippen LogP contribution in [-0.2, 0) is 0 Å². The summed E-state index contributed by atoms with van der Waals surface area (Å²) in [5.74, 6) is -0.556. The van der Waals surface area contributed by atoms with Gasteiger partial charge in [-0.15, -0.1) is 24.8 Å². The molecule has 0 unspecified atom stereocenters. The summed E-state index contributed by atoms with van der Waals surface area (Å²) in [5, 5.41) is 14.5. The quantitative estimate of drug-likeness (QED) is 0.614. The number of nitrogens with zero attached hydrogens (tertiary/aromatic N) is 2. The second-order valence-corrected chi connectivity index (χ2v) is 5.40. The lowest BCUT2D eigenvalue weighted by Gasteiger charge is -2.35. The monoisotopic (exact) mass is 367 g/mol. The Bertz CT molecular complexity index is 500. The van der Waals surface area contributed by atoms with Crippen LogP contribution in [0.3, 0.4) is 0 Å². The van der Waals surface area contributed by atoms with Crippen molar-refractivity contribution in [2.75, 3.05) is 26.2 Å². The van der Waals surface area contributed by atoms with E-state index in [1.807, 2.05) is 0 Å². The number of hydrogen-bond acceptors (Lipinski definition) is 4. The Hall–Kier alpha value is -0.950. The molecule has 0 aromatic heterocycles. The zero-order valence-corrected chi connectivity index (χ0v) is 14.8. The minimum absolute atomic E-state index is 0. The molecule has 23 heavy (non-hydrogen) atoms. The first-order valence-corrected chi connectivity index (χ1v) is 7.52. The van der Waals surface area contributed by atoms with Gasteiger partial charge in [0.2, 0.25) is 0 Å². The lowest BCUT2D eigenvalue weighted by Crippen LogP contribution is -2.45. The molecular formula is C15H24Cl2FN3O2. The summed E-state index contributed by atoms with van der Waals surface area (Å²) in [4.78, 5) is 13.0. The van der Waals surface area contributed by atoms with Crippen molar-refractivity contribution < 1.29 is 9.31 Å². The summed E-state index contributed by atoms with van der Waals surface area (Å²) >= 11 is 0. The summed E-state index contributed by atoms with van der Waals surface area (Å²) in [6.07, 6.45) is 2.91. The largest absolute Gasteiger partial charge is 0.314 e. The van der Waals surface area contributed by atoms with E-state index in [1.54, 1.807) is 6.07 Å². The van der Waals surface area contributed by atoms with Gasteiger partial charge in [-0.25, -0.2) is 4.39 Å². The minimum atomic E-state index is -0.556. The number of halogens is 3. The van der Waals surface area contributed by atoms with Crippen molar-refractivity contribution in [3.05, 3.63) is 39.7 Å². The molecule has 1 aromatic rings. The van der Waals surface area contributed by atoms with Crippen LogP contribution in [0.1, 0.15) is 37.8 Å². The SMILES string of the molecule is CCCC[C@@H](c1ccc(F)cc1[N+](=O)[O-])N1CCNCC1.Cl.Cl. The number of nitro benzene ring substituents is 1. The Morgan fingerprint density at radius 2 is 2.00 bits per heavy atom. The number of unbranched alkanes of at least 4 members (excludes halogenated alkanes) is 1. The van der Waals surface area contributed by atoms with Gasteiger partial charge in [0, 0.05) is 37.8 Å². The Labute approximate surface area is 148 Å². The van der Waals surface area contributed by atoms with E-state index in [0.717, 1.165) is 51.5 Å². The first-order chi connectivity index (χ1) is 10.1. The minimum Gasteiger partial charge on any atom is -0.314 e. The van der Waals surface area contributed by atoms with Crippen molar-refractivity contribution in [1.82, 2.24) is 10.2 Å². The normalized spacial score (nSPS) is 16.1. The van der Waals surface area contributed by atoms with E-state index < -0.39 is 10.7 Å². The number of piperazine rings is 1. The van der Waals surface area contributed by atoms with Crippen molar-refractivity contribution in [3.63, 3.8) is 0 Å². The third kappa shape index (κ3) is 5.88. The number of nitro groups is 1. The summed E-state index contributed by atoms with van der Waals surface area (Å²) in [5.41, 5.74) is 0.534. The van der Waals surface area contributed by atoms with Gasteiger partial charge < -0.3 is 5.32 Å². The fourth-order valence-electron chi connectivity index (χ4n) is 2.88. The first-order valence-electron chi connectivity index (χ1n) is 7.52. The summed E-state index contributed by atoms with van der Waals surface area (Å²) in [6.45, 7) is 5.61. The van der Waals surface area contributed by atoms with Crippen molar-refractivity contribution in [2.45, 2.75) is 32.2 Å². The summed E-state index contributed by atoms with van der Waals surface area (Å²) < 4.78 is 13.3. The molecule has 5 nitrogen and oxygen atoms in total. The lowest BCUT2D eigenvalue weighted by atomic mass is 9.97. The smallest absolute Gasteiger partial charge is 0.277 e. The Balaban J connectivity index is 0.00000242. The number of nitrogens with one attached hydrogen (secondary N) is 1. The van der Waals surface area contributed by atoms with E-state index in [9.17, 15) is 14.5 Å². The van der Waals surface area contributed by atoms with E-state index in [4.69, 9.17) is 0 Å². The third-order valence-corrected chi connectivity index (χ3v) is 3.97. The molecule has 1 fully saturated rings. The van der Waals surface area contributed by atoms with Crippen LogP contribution in [0.15, 0.2) is 18.2 Å². The molecule has 1 saturated heterocycles. The van der Waals surface area contributed by atoms with Crippen LogP contribution in [0.25, 0.3) is 0 Å². The van der Waals surface area contributed by atoms with Gasteiger partial charge in [-0.05, 0) is 18.6 Å². The van der Waals surface area contributed by atoms with E-state index in [0.29, 0.717) is 5.56 Å². The van der Waals surface area contributed by atoms with Gasteiger partial charge in [-0.2, -0.15) is 0 Å². The highest BCUT2D eigenvalue weighted by atomic mass is 35.5. The van der Waals surface area contributed by atoms with Crippen LogP contribution in [0.5, 0.6) is 0 Å². The lowest BCUT2D eigenvalue weighted by molar-refractivity contribution is -0.386.